The monoisotopic (exact) mass is 398 g/mol. The predicted molar refractivity (Wildman–Crippen MR) is 113 cm³/mol. The van der Waals surface area contributed by atoms with E-state index < -0.39 is 6.04 Å². The Morgan fingerprint density at radius 3 is 2.28 bits per heavy atom. The van der Waals surface area contributed by atoms with Gasteiger partial charge in [0, 0.05) is 20.0 Å². The molecule has 0 spiro atoms. The van der Waals surface area contributed by atoms with E-state index in [9.17, 15) is 9.59 Å². The third-order valence-corrected chi connectivity index (χ3v) is 4.97. The normalized spacial score (nSPS) is 11.4. The van der Waals surface area contributed by atoms with E-state index in [-0.39, 0.29) is 11.8 Å². The highest BCUT2D eigenvalue weighted by Gasteiger charge is 2.24. The molecule has 29 heavy (non-hydrogen) atoms. The van der Waals surface area contributed by atoms with Gasteiger partial charge in [-0.05, 0) is 43.0 Å². The van der Waals surface area contributed by atoms with Gasteiger partial charge in [-0.25, -0.2) is 0 Å². The Kier molecular flexibility index (Phi) is 8.52. The Morgan fingerprint density at radius 2 is 1.66 bits per heavy atom. The molecule has 0 saturated heterocycles. The fourth-order valence-electron chi connectivity index (χ4n) is 3.21. The Labute approximate surface area is 172 Å². The third-order valence-electron chi connectivity index (χ3n) is 4.97. The SMILES string of the molecule is CNC(=O)[C@@H](C)N(CCc1ccccc1)C(=O)CCc1ccc(OC)c(OC)c1. The summed E-state index contributed by atoms with van der Waals surface area (Å²) >= 11 is 0. The lowest BCUT2D eigenvalue weighted by molar-refractivity contribution is -0.139. The summed E-state index contributed by atoms with van der Waals surface area (Å²) in [6.45, 7) is 2.25. The minimum Gasteiger partial charge on any atom is -0.493 e. The molecule has 1 N–H and O–H groups in total. The van der Waals surface area contributed by atoms with Crippen molar-refractivity contribution < 1.29 is 19.1 Å². The maximum absolute atomic E-state index is 13.0. The summed E-state index contributed by atoms with van der Waals surface area (Å²) in [7, 11) is 4.76. The molecule has 156 valence electrons. The summed E-state index contributed by atoms with van der Waals surface area (Å²) in [5.41, 5.74) is 2.11. The van der Waals surface area contributed by atoms with Gasteiger partial charge in [-0.3, -0.25) is 9.59 Å². The average Bonchev–Trinajstić information content (AvgIpc) is 2.77. The van der Waals surface area contributed by atoms with Crippen molar-refractivity contribution in [3.8, 4) is 11.5 Å². The minimum atomic E-state index is -0.526. The number of amides is 2. The Morgan fingerprint density at radius 1 is 0.966 bits per heavy atom. The van der Waals surface area contributed by atoms with Crippen LogP contribution in [0.1, 0.15) is 24.5 Å². The number of methoxy groups -OCH3 is 2. The number of carbonyl (C=O) groups excluding carboxylic acids is 2. The van der Waals surface area contributed by atoms with Crippen LogP contribution >= 0.6 is 0 Å². The zero-order valence-corrected chi connectivity index (χ0v) is 17.6. The number of nitrogens with one attached hydrogen (secondary N) is 1. The Bertz CT molecular complexity index is 808. The first-order valence-electron chi connectivity index (χ1n) is 9.76. The highest BCUT2D eigenvalue weighted by molar-refractivity contribution is 5.87. The highest BCUT2D eigenvalue weighted by Crippen LogP contribution is 2.28. The molecule has 0 aliphatic rings. The molecule has 0 unspecified atom stereocenters. The first-order chi connectivity index (χ1) is 14.0. The number of ether oxygens (including phenoxy) is 2. The molecule has 2 aromatic carbocycles. The van der Waals surface area contributed by atoms with Crippen LogP contribution in [-0.2, 0) is 22.4 Å². The summed E-state index contributed by atoms with van der Waals surface area (Å²) in [4.78, 5) is 26.8. The van der Waals surface area contributed by atoms with E-state index in [4.69, 9.17) is 9.47 Å². The molecule has 0 bridgehead atoms. The molecule has 6 heteroatoms. The highest BCUT2D eigenvalue weighted by atomic mass is 16.5. The number of nitrogens with zero attached hydrogens (tertiary/aromatic N) is 1. The second-order valence-corrected chi connectivity index (χ2v) is 6.80. The second-order valence-electron chi connectivity index (χ2n) is 6.80. The molecule has 0 saturated carbocycles. The number of rotatable bonds is 10. The van der Waals surface area contributed by atoms with Gasteiger partial charge in [0.2, 0.25) is 11.8 Å². The maximum Gasteiger partial charge on any atom is 0.242 e. The first kappa shape index (κ1) is 22.3. The van der Waals surface area contributed by atoms with Crippen LogP contribution in [0.15, 0.2) is 48.5 Å². The number of benzene rings is 2. The van der Waals surface area contributed by atoms with Crippen molar-refractivity contribution in [3.05, 3.63) is 59.7 Å². The molecule has 0 fully saturated rings. The largest absolute Gasteiger partial charge is 0.493 e. The number of likely N-dealkylation sites (N-methyl/N-ethyl adjacent to an activating group) is 1. The Hall–Kier alpha value is -3.02. The second kappa shape index (κ2) is 11.1. The van der Waals surface area contributed by atoms with E-state index in [2.05, 4.69) is 5.32 Å². The first-order valence-corrected chi connectivity index (χ1v) is 9.76. The van der Waals surface area contributed by atoms with E-state index in [0.29, 0.717) is 37.3 Å². The molecule has 6 nitrogen and oxygen atoms in total. The molecule has 2 aromatic rings. The topological polar surface area (TPSA) is 67.9 Å². The fraction of sp³-hybridized carbons (Fsp3) is 0.391. The molecular formula is C23H30N2O4. The summed E-state index contributed by atoms with van der Waals surface area (Å²) in [5, 5.41) is 2.64. The van der Waals surface area contributed by atoms with Crippen LogP contribution < -0.4 is 14.8 Å². The van der Waals surface area contributed by atoms with Crippen molar-refractivity contribution in [1.82, 2.24) is 10.2 Å². The lowest BCUT2D eigenvalue weighted by Gasteiger charge is -2.28. The van der Waals surface area contributed by atoms with Crippen molar-refractivity contribution in [2.75, 3.05) is 27.8 Å². The number of hydrogen-bond donors (Lipinski definition) is 1. The van der Waals surface area contributed by atoms with Crippen molar-refractivity contribution >= 4 is 11.8 Å². The van der Waals surface area contributed by atoms with Crippen LogP contribution in [0.4, 0.5) is 0 Å². The molecule has 0 aliphatic carbocycles. The molecule has 0 heterocycles. The van der Waals surface area contributed by atoms with Gasteiger partial charge in [-0.1, -0.05) is 36.4 Å². The van der Waals surface area contributed by atoms with E-state index in [1.165, 1.54) is 0 Å². The van der Waals surface area contributed by atoms with Crippen molar-refractivity contribution in [2.45, 2.75) is 32.2 Å². The van der Waals surface area contributed by atoms with Crippen molar-refractivity contribution in [3.63, 3.8) is 0 Å². The quantitative estimate of drug-likeness (QED) is 0.668. The van der Waals surface area contributed by atoms with Crippen molar-refractivity contribution in [2.24, 2.45) is 0 Å². The molecular weight excluding hydrogens is 368 g/mol. The molecule has 0 aliphatic heterocycles. The number of aryl methyl sites for hydroxylation is 1. The molecule has 2 rings (SSSR count). The van der Waals surface area contributed by atoms with E-state index in [1.54, 1.807) is 33.1 Å². The van der Waals surface area contributed by atoms with Gasteiger partial charge >= 0.3 is 0 Å². The van der Waals surface area contributed by atoms with Crippen LogP contribution in [0.3, 0.4) is 0 Å². The maximum atomic E-state index is 13.0. The van der Waals surface area contributed by atoms with Gasteiger partial charge in [0.25, 0.3) is 0 Å². The minimum absolute atomic E-state index is 0.0492. The zero-order chi connectivity index (χ0) is 21.2. The third kappa shape index (κ3) is 6.24. The Balaban J connectivity index is 2.07. The van der Waals surface area contributed by atoms with E-state index in [1.807, 2.05) is 48.5 Å². The summed E-state index contributed by atoms with van der Waals surface area (Å²) in [6, 6.07) is 15.1. The summed E-state index contributed by atoms with van der Waals surface area (Å²) in [6.07, 6.45) is 1.57. The van der Waals surface area contributed by atoms with Gasteiger partial charge < -0.3 is 19.7 Å². The smallest absolute Gasteiger partial charge is 0.242 e. The number of carbonyl (C=O) groups is 2. The predicted octanol–water partition coefficient (Wildman–Crippen LogP) is 2.84. The van der Waals surface area contributed by atoms with Crippen LogP contribution in [0.5, 0.6) is 11.5 Å². The van der Waals surface area contributed by atoms with Crippen LogP contribution in [-0.4, -0.2) is 50.6 Å². The van der Waals surface area contributed by atoms with E-state index in [0.717, 1.165) is 11.1 Å². The molecule has 1 atom stereocenters. The van der Waals surface area contributed by atoms with Crippen LogP contribution in [0.2, 0.25) is 0 Å². The van der Waals surface area contributed by atoms with Gasteiger partial charge in [-0.2, -0.15) is 0 Å². The van der Waals surface area contributed by atoms with Crippen molar-refractivity contribution in [1.29, 1.82) is 0 Å². The standard InChI is InChI=1S/C23H30N2O4/c1-17(23(27)24-2)25(15-14-18-8-6-5-7-9-18)22(26)13-11-19-10-12-20(28-3)21(16-19)29-4/h5-10,12,16-17H,11,13-15H2,1-4H3,(H,24,27)/t17-/m1/s1. The molecule has 2 amide bonds. The molecule has 0 radical (unpaired) electrons. The zero-order valence-electron chi connectivity index (χ0n) is 17.6. The van der Waals surface area contributed by atoms with Gasteiger partial charge in [0.05, 0.1) is 14.2 Å². The summed E-state index contributed by atoms with van der Waals surface area (Å²) < 4.78 is 10.6. The van der Waals surface area contributed by atoms with Gasteiger partial charge in [0.1, 0.15) is 6.04 Å². The van der Waals surface area contributed by atoms with Gasteiger partial charge in [-0.15, -0.1) is 0 Å². The van der Waals surface area contributed by atoms with E-state index >= 15 is 0 Å². The number of hydrogen-bond acceptors (Lipinski definition) is 4. The lowest BCUT2D eigenvalue weighted by atomic mass is 10.1. The average molecular weight is 399 g/mol. The van der Waals surface area contributed by atoms with Crippen LogP contribution in [0.25, 0.3) is 0 Å². The fourth-order valence-corrected chi connectivity index (χ4v) is 3.21. The summed E-state index contributed by atoms with van der Waals surface area (Å²) in [5.74, 6) is 1.07. The lowest BCUT2D eigenvalue weighted by Crippen LogP contribution is -2.48. The van der Waals surface area contributed by atoms with Crippen LogP contribution in [0, 0.1) is 0 Å². The van der Waals surface area contributed by atoms with Gasteiger partial charge in [0.15, 0.2) is 11.5 Å². The molecule has 0 aromatic heterocycles.